The Morgan fingerprint density at radius 2 is 1.62 bits per heavy atom. The number of anilines is 1. The zero-order valence-corrected chi connectivity index (χ0v) is 14.2. The first-order valence-electron chi connectivity index (χ1n) is 7.65. The van der Waals surface area contributed by atoms with E-state index in [0.717, 1.165) is 24.3 Å². The minimum absolute atomic E-state index is 0.0593. The van der Waals surface area contributed by atoms with Crippen molar-refractivity contribution >= 4 is 17.4 Å². The summed E-state index contributed by atoms with van der Waals surface area (Å²) in [6, 6.07) is 10.3. The Morgan fingerprint density at radius 1 is 1.00 bits per heavy atom. The zero-order valence-electron chi connectivity index (χ0n) is 14.2. The van der Waals surface area contributed by atoms with Crippen molar-refractivity contribution in [2.75, 3.05) is 19.4 Å². The molecule has 26 heavy (non-hydrogen) atoms. The largest absolute Gasteiger partial charge is 0.416 e. The lowest BCUT2D eigenvalue weighted by molar-refractivity contribution is -0.137. The molecule has 0 atom stereocenters. The average molecular weight is 362 g/mol. The van der Waals surface area contributed by atoms with E-state index < -0.39 is 17.6 Å². The normalized spacial score (nSPS) is 11.4. The Hall–Kier alpha value is -3.09. The minimum atomic E-state index is -4.47. The molecule has 2 aromatic rings. The third-order valence-corrected chi connectivity index (χ3v) is 3.44. The Morgan fingerprint density at radius 3 is 2.19 bits per heavy atom. The topological polar surface area (TPSA) is 49.4 Å². The van der Waals surface area contributed by atoms with Crippen LogP contribution in [0.2, 0.25) is 0 Å². The minimum Gasteiger partial charge on any atom is -0.383 e. The second kappa shape index (κ2) is 7.86. The average Bonchev–Trinajstić information content (AvgIpc) is 2.59. The quantitative estimate of drug-likeness (QED) is 0.640. The van der Waals surface area contributed by atoms with Gasteiger partial charge in [0.25, 0.3) is 5.91 Å². The molecule has 0 radical (unpaired) electrons. The summed E-state index contributed by atoms with van der Waals surface area (Å²) in [6.07, 6.45) is -1.52. The van der Waals surface area contributed by atoms with Crippen LogP contribution >= 0.6 is 0 Å². The van der Waals surface area contributed by atoms with Crippen LogP contribution in [0.3, 0.4) is 0 Å². The van der Waals surface area contributed by atoms with Gasteiger partial charge < -0.3 is 10.2 Å². The number of ketones is 1. The fourth-order valence-electron chi connectivity index (χ4n) is 2.12. The highest BCUT2D eigenvalue weighted by molar-refractivity contribution is 6.12. The highest BCUT2D eigenvalue weighted by Crippen LogP contribution is 2.29. The maximum absolute atomic E-state index is 12.6. The summed E-state index contributed by atoms with van der Waals surface area (Å²) in [6.45, 7) is 0. The fourth-order valence-corrected chi connectivity index (χ4v) is 2.12. The highest BCUT2D eigenvalue weighted by atomic mass is 19.4. The lowest BCUT2D eigenvalue weighted by atomic mass is 10.1. The maximum Gasteiger partial charge on any atom is 0.416 e. The van der Waals surface area contributed by atoms with Gasteiger partial charge in [0, 0.05) is 37.5 Å². The Labute approximate surface area is 148 Å². The number of para-hydroxylation sites is 1. The first kappa shape index (κ1) is 19.2. The number of nitrogens with zero attached hydrogens (tertiary/aromatic N) is 1. The van der Waals surface area contributed by atoms with Crippen molar-refractivity contribution < 1.29 is 22.8 Å². The summed E-state index contributed by atoms with van der Waals surface area (Å²) in [7, 11) is 3.53. The molecule has 0 spiro atoms. The number of hydrogen-bond acceptors (Lipinski definition) is 3. The molecule has 0 aliphatic rings. The Bertz CT molecular complexity index is 825. The molecule has 2 rings (SSSR count). The van der Waals surface area contributed by atoms with Gasteiger partial charge in [0.15, 0.2) is 5.78 Å². The lowest BCUT2D eigenvalue weighted by Gasteiger charge is -2.11. The van der Waals surface area contributed by atoms with Crippen molar-refractivity contribution in [2.24, 2.45) is 0 Å². The van der Waals surface area contributed by atoms with Crippen molar-refractivity contribution in [3.05, 3.63) is 77.5 Å². The number of amides is 1. The molecule has 0 saturated heterocycles. The maximum atomic E-state index is 12.6. The van der Waals surface area contributed by atoms with Crippen molar-refractivity contribution in [3.8, 4) is 0 Å². The van der Waals surface area contributed by atoms with E-state index in [4.69, 9.17) is 0 Å². The molecule has 0 heterocycles. The summed E-state index contributed by atoms with van der Waals surface area (Å²) in [5.74, 6) is -0.905. The van der Waals surface area contributed by atoms with Crippen LogP contribution in [0.5, 0.6) is 0 Å². The number of carbonyl (C=O) groups is 2. The van der Waals surface area contributed by atoms with Crippen LogP contribution in [0.25, 0.3) is 0 Å². The van der Waals surface area contributed by atoms with Crippen LogP contribution in [0, 0.1) is 0 Å². The molecule has 0 saturated carbocycles. The van der Waals surface area contributed by atoms with Gasteiger partial charge in [0.05, 0.1) is 11.3 Å². The molecule has 0 aliphatic carbocycles. The number of benzene rings is 2. The van der Waals surface area contributed by atoms with Gasteiger partial charge >= 0.3 is 6.18 Å². The number of halogens is 3. The number of rotatable bonds is 5. The van der Waals surface area contributed by atoms with Crippen LogP contribution in [-0.2, 0) is 6.18 Å². The molecule has 0 bridgehead atoms. The van der Waals surface area contributed by atoms with Crippen molar-refractivity contribution in [2.45, 2.75) is 6.18 Å². The van der Waals surface area contributed by atoms with E-state index in [1.54, 1.807) is 49.5 Å². The molecule has 1 N–H and O–H groups in total. The zero-order chi connectivity index (χ0) is 19.3. The van der Waals surface area contributed by atoms with Crippen molar-refractivity contribution in [1.29, 1.82) is 0 Å². The van der Waals surface area contributed by atoms with Gasteiger partial charge in [-0.05, 0) is 36.4 Å². The van der Waals surface area contributed by atoms with E-state index in [0.29, 0.717) is 0 Å². The third kappa shape index (κ3) is 4.95. The summed E-state index contributed by atoms with van der Waals surface area (Å²) in [5.41, 5.74) is -0.209. The van der Waals surface area contributed by atoms with Gasteiger partial charge in [-0.15, -0.1) is 0 Å². The van der Waals surface area contributed by atoms with E-state index in [1.165, 1.54) is 6.08 Å². The number of carbonyl (C=O) groups excluding carboxylic acids is 2. The number of hydrogen-bond donors (Lipinski definition) is 1. The molecule has 136 valence electrons. The second-order valence-corrected chi connectivity index (χ2v) is 5.72. The number of nitrogens with one attached hydrogen (secondary N) is 1. The third-order valence-electron chi connectivity index (χ3n) is 3.44. The standard InChI is InChI=1S/C19H17F3N2O2/c1-24(2)12-11-17(25)15-5-3-4-6-16(15)23-18(26)13-7-9-14(10-8-13)19(20,21)22/h3-12H,1-2H3,(H,23,26)/b12-11+. The fraction of sp³-hybridized carbons (Fsp3) is 0.158. The summed E-state index contributed by atoms with van der Waals surface area (Å²) in [5, 5.41) is 2.57. The van der Waals surface area contributed by atoms with E-state index in [9.17, 15) is 22.8 Å². The first-order chi connectivity index (χ1) is 12.2. The van der Waals surface area contributed by atoms with Gasteiger partial charge in [-0.25, -0.2) is 0 Å². The van der Waals surface area contributed by atoms with E-state index in [-0.39, 0.29) is 22.6 Å². The van der Waals surface area contributed by atoms with Crippen LogP contribution < -0.4 is 5.32 Å². The SMILES string of the molecule is CN(C)/C=C/C(=O)c1ccccc1NC(=O)c1ccc(C(F)(F)F)cc1. The van der Waals surface area contributed by atoms with Crippen LogP contribution in [0.4, 0.5) is 18.9 Å². The monoisotopic (exact) mass is 362 g/mol. The van der Waals surface area contributed by atoms with Crippen LogP contribution in [0.15, 0.2) is 60.8 Å². The number of allylic oxidation sites excluding steroid dienone is 1. The smallest absolute Gasteiger partial charge is 0.383 e. The van der Waals surface area contributed by atoms with E-state index in [1.807, 2.05) is 0 Å². The van der Waals surface area contributed by atoms with Crippen molar-refractivity contribution in [3.63, 3.8) is 0 Å². The molecule has 0 fully saturated rings. The van der Waals surface area contributed by atoms with Crippen molar-refractivity contribution in [1.82, 2.24) is 4.90 Å². The number of alkyl halides is 3. The molecule has 2 aromatic carbocycles. The predicted molar refractivity (Wildman–Crippen MR) is 93.0 cm³/mol. The molecule has 0 aliphatic heterocycles. The molecule has 4 nitrogen and oxygen atoms in total. The van der Waals surface area contributed by atoms with Gasteiger partial charge in [0.1, 0.15) is 0 Å². The Kier molecular flexibility index (Phi) is 5.82. The summed E-state index contributed by atoms with van der Waals surface area (Å²) in [4.78, 5) is 26.2. The van der Waals surface area contributed by atoms with E-state index in [2.05, 4.69) is 5.32 Å². The molecule has 7 heteroatoms. The summed E-state index contributed by atoms with van der Waals surface area (Å²) < 4.78 is 37.8. The molecule has 0 unspecified atom stereocenters. The van der Waals surface area contributed by atoms with Gasteiger partial charge in [-0.3, -0.25) is 9.59 Å². The van der Waals surface area contributed by atoms with Crippen LogP contribution in [-0.4, -0.2) is 30.7 Å². The van der Waals surface area contributed by atoms with Gasteiger partial charge in [-0.2, -0.15) is 13.2 Å². The molecule has 0 aromatic heterocycles. The van der Waals surface area contributed by atoms with Gasteiger partial charge in [0.2, 0.25) is 0 Å². The summed E-state index contributed by atoms with van der Waals surface area (Å²) >= 11 is 0. The lowest BCUT2D eigenvalue weighted by Crippen LogP contribution is -2.15. The molecule has 1 amide bonds. The molecular formula is C19H17F3N2O2. The second-order valence-electron chi connectivity index (χ2n) is 5.72. The van der Waals surface area contributed by atoms with E-state index >= 15 is 0 Å². The molecular weight excluding hydrogens is 345 g/mol. The Balaban J connectivity index is 2.21. The first-order valence-corrected chi connectivity index (χ1v) is 7.65. The predicted octanol–water partition coefficient (Wildman–Crippen LogP) is 4.22. The highest BCUT2D eigenvalue weighted by Gasteiger charge is 2.30. The van der Waals surface area contributed by atoms with Gasteiger partial charge in [-0.1, -0.05) is 12.1 Å². The van der Waals surface area contributed by atoms with Crippen LogP contribution in [0.1, 0.15) is 26.3 Å².